The van der Waals surface area contributed by atoms with E-state index in [9.17, 15) is 9.59 Å². The Morgan fingerprint density at radius 2 is 1.80 bits per heavy atom. The van der Waals surface area contributed by atoms with Crippen LogP contribution in [0.25, 0.3) is 22.5 Å². The summed E-state index contributed by atoms with van der Waals surface area (Å²) in [6, 6.07) is 19.4. The first-order chi connectivity index (χ1) is 17.1. The van der Waals surface area contributed by atoms with Gasteiger partial charge in [-0.1, -0.05) is 61.9 Å². The number of unbranched alkanes of at least 4 members (excludes halogenated alkanes) is 1. The lowest BCUT2D eigenvalue weighted by atomic mass is 9.98. The standard InChI is InChI=1S/C27H28N4O4/c1-3-5-17-31(25-23(11-8-16-28-25)26(32)34-4-2)18-19-12-14-20(15-13-19)21-9-6-7-10-22(21)24-29-27(33)35-30-24/h6-16H,3-5,17-18H2,1-2H3,(H,29,30,33). The number of anilines is 1. The Morgan fingerprint density at radius 3 is 2.49 bits per heavy atom. The number of nitrogens with one attached hydrogen (secondary N) is 1. The summed E-state index contributed by atoms with van der Waals surface area (Å²) in [4.78, 5) is 34.5. The molecule has 0 aliphatic carbocycles. The second kappa shape index (κ2) is 11.3. The van der Waals surface area contributed by atoms with Gasteiger partial charge in [-0.05, 0) is 42.2 Å². The second-order valence-electron chi connectivity index (χ2n) is 8.04. The minimum Gasteiger partial charge on any atom is -0.462 e. The Labute approximate surface area is 203 Å². The molecule has 0 atom stereocenters. The van der Waals surface area contributed by atoms with Crippen molar-refractivity contribution in [2.45, 2.75) is 33.2 Å². The first-order valence-corrected chi connectivity index (χ1v) is 11.7. The highest BCUT2D eigenvalue weighted by molar-refractivity contribution is 5.94. The van der Waals surface area contributed by atoms with Crippen LogP contribution in [0.3, 0.4) is 0 Å². The van der Waals surface area contributed by atoms with Crippen molar-refractivity contribution in [2.24, 2.45) is 0 Å². The molecule has 1 N–H and O–H groups in total. The van der Waals surface area contributed by atoms with Crippen LogP contribution in [0.2, 0.25) is 0 Å². The monoisotopic (exact) mass is 472 g/mol. The zero-order chi connectivity index (χ0) is 24.6. The highest BCUT2D eigenvalue weighted by atomic mass is 16.5. The summed E-state index contributed by atoms with van der Waals surface area (Å²) in [5, 5.41) is 2.58. The van der Waals surface area contributed by atoms with Gasteiger partial charge in [0.25, 0.3) is 0 Å². The van der Waals surface area contributed by atoms with E-state index in [4.69, 9.17) is 9.26 Å². The summed E-state index contributed by atoms with van der Waals surface area (Å²) in [7, 11) is 0. The normalized spacial score (nSPS) is 10.8. The van der Waals surface area contributed by atoms with E-state index in [0.29, 0.717) is 30.4 Å². The van der Waals surface area contributed by atoms with Gasteiger partial charge in [0.05, 0.1) is 6.61 Å². The number of carbonyl (C=O) groups is 1. The number of H-pyrrole nitrogens is 1. The van der Waals surface area contributed by atoms with Crippen LogP contribution in [-0.4, -0.2) is 34.2 Å². The van der Waals surface area contributed by atoms with E-state index in [1.807, 2.05) is 36.4 Å². The third-order valence-electron chi connectivity index (χ3n) is 5.62. The lowest BCUT2D eigenvalue weighted by Gasteiger charge is -2.25. The van der Waals surface area contributed by atoms with Crippen molar-refractivity contribution in [3.63, 3.8) is 0 Å². The van der Waals surface area contributed by atoms with Crippen LogP contribution in [-0.2, 0) is 11.3 Å². The summed E-state index contributed by atoms with van der Waals surface area (Å²) < 4.78 is 10.0. The quantitative estimate of drug-likeness (QED) is 0.321. The molecule has 0 unspecified atom stereocenters. The highest BCUT2D eigenvalue weighted by Crippen LogP contribution is 2.30. The summed E-state index contributed by atoms with van der Waals surface area (Å²) in [5.41, 5.74) is 4.25. The first kappa shape index (κ1) is 23.9. The van der Waals surface area contributed by atoms with Crippen LogP contribution in [0.1, 0.15) is 42.6 Å². The highest BCUT2D eigenvalue weighted by Gasteiger charge is 2.19. The summed E-state index contributed by atoms with van der Waals surface area (Å²) >= 11 is 0. The Balaban J connectivity index is 1.61. The third kappa shape index (κ3) is 5.66. The van der Waals surface area contributed by atoms with Gasteiger partial charge >= 0.3 is 11.7 Å². The van der Waals surface area contributed by atoms with Crippen molar-refractivity contribution in [1.82, 2.24) is 15.1 Å². The maximum Gasteiger partial charge on any atom is 0.460 e. The molecule has 0 aliphatic rings. The molecule has 8 heteroatoms. The maximum absolute atomic E-state index is 12.5. The van der Waals surface area contributed by atoms with Gasteiger partial charge in [-0.3, -0.25) is 0 Å². The summed E-state index contributed by atoms with van der Waals surface area (Å²) in [5.74, 6) is -0.00476. The molecule has 0 radical (unpaired) electrons. The van der Waals surface area contributed by atoms with Crippen molar-refractivity contribution in [2.75, 3.05) is 18.1 Å². The van der Waals surface area contributed by atoms with Crippen LogP contribution in [0.15, 0.2) is 76.2 Å². The van der Waals surface area contributed by atoms with E-state index in [1.165, 1.54) is 0 Å². The smallest absolute Gasteiger partial charge is 0.460 e. The molecule has 0 bridgehead atoms. The Hall–Kier alpha value is -4.20. The van der Waals surface area contributed by atoms with Crippen LogP contribution in [0.4, 0.5) is 5.82 Å². The molecular formula is C27H28N4O4. The van der Waals surface area contributed by atoms with Gasteiger partial charge in [-0.25, -0.2) is 14.6 Å². The van der Waals surface area contributed by atoms with Gasteiger partial charge in [-0.2, -0.15) is 10.1 Å². The fourth-order valence-corrected chi connectivity index (χ4v) is 3.92. The van der Waals surface area contributed by atoms with Crippen molar-refractivity contribution < 1.29 is 14.1 Å². The average Bonchev–Trinajstić information content (AvgIpc) is 3.33. The molecular weight excluding hydrogens is 444 g/mol. The number of rotatable bonds is 10. The van der Waals surface area contributed by atoms with Crippen molar-refractivity contribution in [3.05, 3.63) is 88.5 Å². The van der Waals surface area contributed by atoms with E-state index in [0.717, 1.165) is 41.6 Å². The lowest BCUT2D eigenvalue weighted by Crippen LogP contribution is -2.27. The van der Waals surface area contributed by atoms with E-state index in [1.54, 1.807) is 25.3 Å². The number of ether oxygens (including phenoxy) is 1. The molecule has 8 nitrogen and oxygen atoms in total. The number of pyridine rings is 1. The molecule has 180 valence electrons. The number of aromatic nitrogens is 3. The van der Waals surface area contributed by atoms with Crippen LogP contribution < -0.4 is 10.7 Å². The fraction of sp³-hybridized carbons (Fsp3) is 0.259. The van der Waals surface area contributed by atoms with Crippen molar-refractivity contribution in [3.8, 4) is 22.5 Å². The van der Waals surface area contributed by atoms with Gasteiger partial charge in [0, 0.05) is 24.8 Å². The van der Waals surface area contributed by atoms with Crippen LogP contribution >= 0.6 is 0 Å². The largest absolute Gasteiger partial charge is 0.462 e. The number of nitrogens with zero attached hydrogens (tertiary/aromatic N) is 3. The van der Waals surface area contributed by atoms with Gasteiger partial charge in [-0.15, -0.1) is 0 Å². The van der Waals surface area contributed by atoms with Gasteiger partial charge < -0.3 is 14.2 Å². The summed E-state index contributed by atoms with van der Waals surface area (Å²) in [6.45, 7) is 5.61. The molecule has 0 spiro atoms. The molecule has 0 saturated carbocycles. The second-order valence-corrected chi connectivity index (χ2v) is 8.04. The topological polar surface area (TPSA) is 101 Å². The predicted molar refractivity (Wildman–Crippen MR) is 134 cm³/mol. The van der Waals surface area contributed by atoms with E-state index in [-0.39, 0.29) is 5.97 Å². The van der Waals surface area contributed by atoms with Crippen LogP contribution in [0, 0.1) is 0 Å². The number of aromatic amines is 1. The van der Waals surface area contributed by atoms with Crippen molar-refractivity contribution >= 4 is 11.8 Å². The number of hydrogen-bond acceptors (Lipinski definition) is 7. The van der Waals surface area contributed by atoms with Gasteiger partial charge in [0.1, 0.15) is 11.4 Å². The minimum absolute atomic E-state index is 0.313. The van der Waals surface area contributed by atoms with Crippen molar-refractivity contribution in [1.29, 1.82) is 0 Å². The predicted octanol–water partition coefficient (Wildman–Crippen LogP) is 5.08. The molecule has 0 aliphatic heterocycles. The molecule has 2 aromatic heterocycles. The minimum atomic E-state index is -0.658. The zero-order valence-electron chi connectivity index (χ0n) is 19.9. The van der Waals surface area contributed by atoms with Crippen LogP contribution in [0.5, 0.6) is 0 Å². The molecule has 4 aromatic rings. The van der Waals surface area contributed by atoms with Gasteiger partial charge in [0.15, 0.2) is 5.82 Å². The summed E-state index contributed by atoms with van der Waals surface area (Å²) in [6.07, 6.45) is 3.70. The van der Waals surface area contributed by atoms with Gasteiger partial charge in [0.2, 0.25) is 0 Å². The number of benzene rings is 2. The average molecular weight is 473 g/mol. The number of carbonyl (C=O) groups excluding carboxylic acids is 1. The molecule has 35 heavy (non-hydrogen) atoms. The lowest BCUT2D eigenvalue weighted by molar-refractivity contribution is 0.0526. The van der Waals surface area contributed by atoms with E-state index in [2.05, 4.69) is 39.1 Å². The van der Waals surface area contributed by atoms with E-state index < -0.39 is 5.76 Å². The molecule has 2 aromatic carbocycles. The SMILES string of the molecule is CCCCN(Cc1ccc(-c2ccccc2-c2nc(=O)o[nH]2)cc1)c1ncccc1C(=O)OCC. The zero-order valence-corrected chi connectivity index (χ0v) is 19.9. The molecule has 4 rings (SSSR count). The number of hydrogen-bond donors (Lipinski definition) is 1. The fourth-order valence-electron chi connectivity index (χ4n) is 3.92. The maximum atomic E-state index is 12.5. The Bertz CT molecular complexity index is 1330. The third-order valence-corrected chi connectivity index (χ3v) is 5.62. The Kier molecular flexibility index (Phi) is 7.72. The van der Waals surface area contributed by atoms with E-state index >= 15 is 0 Å². The first-order valence-electron chi connectivity index (χ1n) is 11.7. The number of esters is 1. The molecule has 0 saturated heterocycles. The molecule has 0 fully saturated rings. The molecule has 2 heterocycles. The Morgan fingerprint density at radius 1 is 1.03 bits per heavy atom. The molecule has 0 amide bonds.